The van der Waals surface area contributed by atoms with Crippen molar-refractivity contribution in [2.75, 3.05) is 19.6 Å². The van der Waals surface area contributed by atoms with Crippen molar-refractivity contribution in [3.8, 4) is 5.75 Å². The molecule has 0 aliphatic heterocycles. The van der Waals surface area contributed by atoms with Gasteiger partial charge in [-0.15, -0.1) is 5.10 Å². The van der Waals surface area contributed by atoms with Gasteiger partial charge in [0.05, 0.1) is 10.9 Å². The number of fused-ring (bicyclic) bond motifs is 1. The van der Waals surface area contributed by atoms with E-state index in [1.807, 2.05) is 37.3 Å². The van der Waals surface area contributed by atoms with Crippen LogP contribution in [0.2, 0.25) is 0 Å². The first-order valence-corrected chi connectivity index (χ1v) is 12.7. The van der Waals surface area contributed by atoms with Crippen LogP contribution in [0.3, 0.4) is 0 Å². The molecule has 0 spiro atoms. The highest BCUT2D eigenvalue weighted by Crippen LogP contribution is 2.39. The highest BCUT2D eigenvalue weighted by atomic mass is 16.4. The number of nitrogens with zero attached hydrogens (tertiary/aromatic N) is 3. The standard InChI is InChI=1S/C29H39N5O3/c1-18(2)15-34(16-19(3)4)17-23(20(5)32-33-29(30)31)25(21-11-7-6-8-12-21)26-27(35)22-13-9-10-14-24(22)37-28(26)36/h6-14,18-19,23,25,35H,15-17H2,1-5H3,(H4,30,31,33)/b32-20-/t23-,25+/m0/s1. The second kappa shape index (κ2) is 12.5. The third-order valence-corrected chi connectivity index (χ3v) is 6.25. The molecule has 1 heterocycles. The van der Waals surface area contributed by atoms with E-state index >= 15 is 0 Å². The Morgan fingerprint density at radius 2 is 1.51 bits per heavy atom. The molecule has 0 bridgehead atoms. The summed E-state index contributed by atoms with van der Waals surface area (Å²) in [6.07, 6.45) is 0. The Kier molecular flexibility index (Phi) is 9.47. The van der Waals surface area contributed by atoms with Crippen molar-refractivity contribution in [2.24, 2.45) is 39.4 Å². The topological polar surface area (TPSA) is 130 Å². The van der Waals surface area contributed by atoms with Crippen LogP contribution in [0.25, 0.3) is 11.0 Å². The van der Waals surface area contributed by atoms with Gasteiger partial charge >= 0.3 is 5.63 Å². The second-order valence-electron chi connectivity index (χ2n) is 10.4. The van der Waals surface area contributed by atoms with Gasteiger partial charge in [0.25, 0.3) is 0 Å². The molecule has 2 aromatic carbocycles. The van der Waals surface area contributed by atoms with E-state index in [-0.39, 0.29) is 23.2 Å². The fourth-order valence-corrected chi connectivity index (χ4v) is 4.91. The van der Waals surface area contributed by atoms with Crippen LogP contribution in [0.1, 0.15) is 51.7 Å². The van der Waals surface area contributed by atoms with E-state index in [1.165, 1.54) is 0 Å². The third-order valence-electron chi connectivity index (χ3n) is 6.25. The first kappa shape index (κ1) is 27.9. The molecule has 0 unspecified atom stereocenters. The number of aromatic hydroxyl groups is 1. The van der Waals surface area contributed by atoms with E-state index in [4.69, 9.17) is 15.9 Å². The van der Waals surface area contributed by atoms with Crippen LogP contribution in [-0.4, -0.2) is 41.3 Å². The molecular weight excluding hydrogens is 466 g/mol. The Hall–Kier alpha value is -3.65. The summed E-state index contributed by atoms with van der Waals surface area (Å²) in [7, 11) is 0. The lowest BCUT2D eigenvalue weighted by molar-refractivity contribution is 0.199. The molecule has 3 rings (SSSR count). The number of benzene rings is 2. The summed E-state index contributed by atoms with van der Waals surface area (Å²) in [4.78, 5) is 15.8. The summed E-state index contributed by atoms with van der Waals surface area (Å²) in [6, 6.07) is 16.7. The lowest BCUT2D eigenvalue weighted by Gasteiger charge is -2.34. The summed E-state index contributed by atoms with van der Waals surface area (Å²) in [5.74, 6) is -0.254. The van der Waals surface area contributed by atoms with Crippen molar-refractivity contribution >= 4 is 22.6 Å². The molecule has 0 saturated carbocycles. The molecule has 0 aliphatic rings. The maximum atomic E-state index is 13.5. The van der Waals surface area contributed by atoms with Gasteiger partial charge in [0.1, 0.15) is 11.3 Å². The van der Waals surface area contributed by atoms with Crippen LogP contribution in [0.15, 0.2) is 74.0 Å². The number of guanidine groups is 1. The quantitative estimate of drug-likeness (QED) is 0.152. The fourth-order valence-electron chi connectivity index (χ4n) is 4.91. The Labute approximate surface area is 218 Å². The van der Waals surface area contributed by atoms with Crippen LogP contribution in [0.4, 0.5) is 0 Å². The SMILES string of the molecule is C/C(=N/N=C(N)N)[C@H](CN(CC(C)C)CC(C)C)[C@@H](c1ccccc1)c1c(O)c2ccccc2oc1=O. The highest BCUT2D eigenvalue weighted by molar-refractivity contribution is 5.89. The maximum absolute atomic E-state index is 13.5. The fraction of sp³-hybridized carbons (Fsp3) is 0.414. The summed E-state index contributed by atoms with van der Waals surface area (Å²) in [5.41, 5.74) is 12.6. The van der Waals surface area contributed by atoms with E-state index < -0.39 is 11.5 Å². The number of para-hydroxylation sites is 1. The van der Waals surface area contributed by atoms with E-state index in [9.17, 15) is 9.90 Å². The molecule has 0 amide bonds. The molecule has 0 radical (unpaired) electrons. The summed E-state index contributed by atoms with van der Waals surface area (Å²) in [6.45, 7) is 12.9. The minimum absolute atomic E-state index is 0.0837. The largest absolute Gasteiger partial charge is 0.507 e. The summed E-state index contributed by atoms with van der Waals surface area (Å²) < 4.78 is 5.70. The monoisotopic (exact) mass is 505 g/mol. The van der Waals surface area contributed by atoms with E-state index in [2.05, 4.69) is 42.8 Å². The zero-order chi connectivity index (χ0) is 27.1. The van der Waals surface area contributed by atoms with Crippen LogP contribution in [0, 0.1) is 17.8 Å². The smallest absolute Gasteiger partial charge is 0.343 e. The molecule has 0 saturated heterocycles. The molecule has 37 heavy (non-hydrogen) atoms. The van der Waals surface area contributed by atoms with Crippen LogP contribution in [0.5, 0.6) is 5.75 Å². The summed E-state index contributed by atoms with van der Waals surface area (Å²) >= 11 is 0. The van der Waals surface area contributed by atoms with Gasteiger partial charge in [-0.3, -0.25) is 0 Å². The number of hydrogen-bond acceptors (Lipinski definition) is 6. The first-order chi connectivity index (χ1) is 17.6. The van der Waals surface area contributed by atoms with Gasteiger partial charge in [-0.2, -0.15) is 5.10 Å². The Bertz CT molecular complexity index is 1280. The highest BCUT2D eigenvalue weighted by Gasteiger charge is 2.35. The number of hydrogen-bond donors (Lipinski definition) is 3. The molecule has 0 fully saturated rings. The molecular formula is C29H39N5O3. The molecule has 8 nitrogen and oxygen atoms in total. The van der Waals surface area contributed by atoms with Crippen molar-refractivity contribution < 1.29 is 9.52 Å². The van der Waals surface area contributed by atoms with Crippen molar-refractivity contribution in [3.63, 3.8) is 0 Å². The normalized spacial score (nSPS) is 13.9. The van der Waals surface area contributed by atoms with Crippen molar-refractivity contribution in [3.05, 3.63) is 76.1 Å². The minimum Gasteiger partial charge on any atom is -0.507 e. The lowest BCUT2D eigenvalue weighted by Crippen LogP contribution is -2.40. The zero-order valence-corrected chi connectivity index (χ0v) is 22.4. The third kappa shape index (κ3) is 7.20. The predicted octanol–water partition coefficient (Wildman–Crippen LogP) is 4.51. The van der Waals surface area contributed by atoms with Crippen molar-refractivity contribution in [2.45, 2.75) is 40.5 Å². The molecule has 5 N–H and O–H groups in total. The average molecular weight is 506 g/mol. The van der Waals surface area contributed by atoms with Gasteiger partial charge in [0.2, 0.25) is 5.96 Å². The zero-order valence-electron chi connectivity index (χ0n) is 22.4. The maximum Gasteiger partial charge on any atom is 0.343 e. The number of rotatable bonds is 11. The average Bonchev–Trinajstić information content (AvgIpc) is 2.83. The van der Waals surface area contributed by atoms with Crippen LogP contribution >= 0.6 is 0 Å². The van der Waals surface area contributed by atoms with Gasteiger partial charge in [-0.25, -0.2) is 4.79 Å². The van der Waals surface area contributed by atoms with E-state index in [0.29, 0.717) is 35.1 Å². The molecule has 198 valence electrons. The van der Waals surface area contributed by atoms with Crippen LogP contribution < -0.4 is 17.1 Å². The van der Waals surface area contributed by atoms with Gasteiger partial charge in [0, 0.05) is 37.2 Å². The van der Waals surface area contributed by atoms with Gasteiger partial charge < -0.3 is 25.9 Å². The van der Waals surface area contributed by atoms with Crippen molar-refractivity contribution in [1.29, 1.82) is 0 Å². The molecule has 0 aliphatic carbocycles. The van der Waals surface area contributed by atoms with Crippen LogP contribution in [-0.2, 0) is 0 Å². The van der Waals surface area contributed by atoms with E-state index in [0.717, 1.165) is 18.7 Å². The number of nitrogens with two attached hydrogens (primary N) is 2. The van der Waals surface area contributed by atoms with Crippen molar-refractivity contribution in [1.82, 2.24) is 4.90 Å². The Morgan fingerprint density at radius 3 is 2.11 bits per heavy atom. The molecule has 3 aromatic rings. The van der Waals surface area contributed by atoms with Gasteiger partial charge in [-0.1, -0.05) is 70.2 Å². The molecule has 1 aromatic heterocycles. The Morgan fingerprint density at radius 1 is 0.919 bits per heavy atom. The lowest BCUT2D eigenvalue weighted by atomic mass is 9.78. The second-order valence-corrected chi connectivity index (χ2v) is 10.4. The predicted molar refractivity (Wildman–Crippen MR) is 151 cm³/mol. The molecule has 8 heteroatoms. The first-order valence-electron chi connectivity index (χ1n) is 12.7. The molecule has 2 atom stereocenters. The van der Waals surface area contributed by atoms with E-state index in [1.54, 1.807) is 24.3 Å². The Balaban J connectivity index is 2.28. The summed E-state index contributed by atoms with van der Waals surface area (Å²) in [5, 5.41) is 20.2. The van der Waals surface area contributed by atoms with Gasteiger partial charge in [0.15, 0.2) is 0 Å². The minimum atomic E-state index is -0.580. The van der Waals surface area contributed by atoms with Gasteiger partial charge in [-0.05, 0) is 36.5 Å².